The molecule has 0 rings (SSSR count). The molecule has 0 saturated carbocycles. The molecule has 5 heavy (non-hydrogen) atoms. The second kappa shape index (κ2) is 3.33. The Hall–Kier alpha value is -0.665. The molecule has 0 aromatic heterocycles. The van der Waals surface area contributed by atoms with Crippen LogP contribution in [-0.4, -0.2) is 14.4 Å². The van der Waals surface area contributed by atoms with E-state index in [-0.39, 0.29) is 8.41 Å². The number of urea groups is 1. The van der Waals surface area contributed by atoms with Crippen LogP contribution in [-0.2, 0) is 0 Å². The molecule has 4 heteroatoms. The van der Waals surface area contributed by atoms with Gasteiger partial charge in [0.05, 0.1) is 0 Å². The van der Waals surface area contributed by atoms with E-state index in [1.54, 1.807) is 0 Å². The van der Waals surface area contributed by atoms with E-state index in [4.69, 9.17) is 4.79 Å². The van der Waals surface area contributed by atoms with Gasteiger partial charge in [0.15, 0.2) is 0 Å². The Bertz CT molecular complexity index is 32.6. The normalized spacial score (nSPS) is 4.80. The molecule has 4 N–H and O–H groups in total. The van der Waals surface area contributed by atoms with Gasteiger partial charge in [-0.1, -0.05) is 0 Å². The highest BCUT2D eigenvalue weighted by atomic mass is 16.2. The summed E-state index contributed by atoms with van der Waals surface area (Å²) >= 11 is 0. The molecule has 0 atom stereocenters. The number of hydrogen-bond donors (Lipinski definition) is 2. The van der Waals surface area contributed by atoms with Gasteiger partial charge in [-0.15, -0.1) is 0 Å². The van der Waals surface area contributed by atoms with Gasteiger partial charge in [-0.05, 0) is 0 Å². The van der Waals surface area contributed by atoms with Crippen molar-refractivity contribution < 1.29 is 4.79 Å². The first-order valence-corrected chi connectivity index (χ1v) is 0.781. The predicted octanol–water partition coefficient (Wildman–Crippen LogP) is -1.36. The maximum absolute atomic E-state index is 9.00. The largest absolute Gasteiger partial charge is 1.00 e. The summed E-state index contributed by atoms with van der Waals surface area (Å²) in [5.74, 6) is 0. The zero-order chi connectivity index (χ0) is 3.58. The summed E-state index contributed by atoms with van der Waals surface area (Å²) in [7, 11) is 0. The van der Waals surface area contributed by atoms with Crippen molar-refractivity contribution in [2.45, 2.75) is 0 Å². The lowest BCUT2D eigenvalue weighted by atomic mass is 10.8. The topological polar surface area (TPSA) is 69.1 Å². The van der Waals surface area contributed by atoms with E-state index in [0.29, 0.717) is 0 Å². The summed E-state index contributed by atoms with van der Waals surface area (Å²) in [6.45, 7) is 0. The van der Waals surface area contributed by atoms with Crippen LogP contribution in [0.4, 0.5) is 4.79 Å². The first-order chi connectivity index (χ1) is 1.73. The Morgan fingerprint density at radius 2 is 1.40 bits per heavy atom. The van der Waals surface area contributed by atoms with Crippen LogP contribution in [0, 0.1) is 0 Å². The number of amides is 2. The van der Waals surface area contributed by atoms with Crippen LogP contribution in [0.2, 0.25) is 0 Å². The smallest absolute Gasteiger partial charge is 0.309 e. The van der Waals surface area contributed by atoms with Gasteiger partial charge < -0.3 is 19.9 Å². The second-order valence-corrected chi connectivity index (χ2v) is 0.402. The maximum Gasteiger partial charge on any atom is 0.309 e. The van der Waals surface area contributed by atoms with E-state index in [2.05, 4.69) is 11.5 Å². The number of carbonyl (C=O) groups excluding carboxylic acids is 1. The monoisotopic (exact) mass is 71.0 g/mol. The van der Waals surface area contributed by atoms with Gasteiger partial charge in [0, 0.05) is 0 Å². The molecule has 0 unspecified atom stereocenters. The average Bonchev–Trinajstić information content (AvgIpc) is 0.811. The van der Waals surface area contributed by atoms with E-state index in [1.807, 2.05) is 0 Å². The van der Waals surface area contributed by atoms with Crippen molar-refractivity contribution >= 4 is 14.4 Å². The minimum Gasteiger partial charge on any atom is -1.00 e. The number of primary amides is 2. The minimum absolute atomic E-state index is 0. The first kappa shape index (κ1) is 8.84. The van der Waals surface area contributed by atoms with Gasteiger partial charge in [-0.2, -0.15) is 0 Å². The van der Waals surface area contributed by atoms with Crippen molar-refractivity contribution in [1.29, 1.82) is 0 Å². The molecule has 0 aromatic rings. The molecular formula is CH4BN2O-. The highest BCUT2D eigenvalue weighted by Crippen LogP contribution is 1.25. The van der Waals surface area contributed by atoms with Crippen LogP contribution in [0.5, 0.6) is 0 Å². The Morgan fingerprint density at radius 3 is 1.40 bits per heavy atom. The van der Waals surface area contributed by atoms with Gasteiger partial charge in [0.2, 0.25) is 0 Å². The van der Waals surface area contributed by atoms with Crippen molar-refractivity contribution in [2.75, 3.05) is 0 Å². The summed E-state index contributed by atoms with van der Waals surface area (Å²) in [6, 6.07) is -0.833. The van der Waals surface area contributed by atoms with Crippen molar-refractivity contribution in [3.8, 4) is 0 Å². The lowest BCUT2D eigenvalue weighted by Crippen LogP contribution is -2.18. The molecule has 2 amide bonds. The SMILES string of the molecule is NC(N)=O.[B-]. The summed E-state index contributed by atoms with van der Waals surface area (Å²) < 4.78 is 0. The highest BCUT2D eigenvalue weighted by Gasteiger charge is 1.60. The fraction of sp³-hybridized carbons (Fsp3) is 0. The molecule has 0 bridgehead atoms. The summed E-state index contributed by atoms with van der Waals surface area (Å²) in [4.78, 5) is 9.00. The van der Waals surface area contributed by atoms with Crippen LogP contribution < -0.4 is 11.5 Å². The third kappa shape index (κ3) is 13.4. The number of carbonyl (C=O) groups is 1. The third-order valence-electron chi connectivity index (χ3n) is 0. The van der Waals surface area contributed by atoms with Crippen molar-refractivity contribution in [3.63, 3.8) is 0 Å². The Kier molecular flexibility index (Phi) is 5.90. The fourth-order valence-corrected chi connectivity index (χ4v) is 0. The molecule has 0 saturated heterocycles. The van der Waals surface area contributed by atoms with E-state index >= 15 is 0 Å². The molecular weight excluding hydrogens is 66.8 g/mol. The van der Waals surface area contributed by atoms with Crippen molar-refractivity contribution in [3.05, 3.63) is 0 Å². The Balaban J connectivity index is 0. The molecule has 0 aliphatic carbocycles. The summed E-state index contributed by atoms with van der Waals surface area (Å²) in [6.07, 6.45) is 0. The molecule has 0 fully saturated rings. The Morgan fingerprint density at radius 1 is 1.40 bits per heavy atom. The van der Waals surface area contributed by atoms with Crippen LogP contribution in [0.25, 0.3) is 0 Å². The second-order valence-electron chi connectivity index (χ2n) is 0.402. The number of nitrogens with two attached hydrogens (primary N) is 2. The minimum atomic E-state index is -0.833. The number of rotatable bonds is 0. The van der Waals surface area contributed by atoms with Crippen LogP contribution in [0.3, 0.4) is 0 Å². The molecule has 0 aliphatic heterocycles. The summed E-state index contributed by atoms with van der Waals surface area (Å²) in [5, 5.41) is 0. The van der Waals surface area contributed by atoms with Crippen molar-refractivity contribution in [2.24, 2.45) is 11.5 Å². The molecule has 0 aromatic carbocycles. The van der Waals surface area contributed by atoms with Crippen LogP contribution in [0.1, 0.15) is 0 Å². The average molecular weight is 70.9 g/mol. The van der Waals surface area contributed by atoms with E-state index in [9.17, 15) is 0 Å². The van der Waals surface area contributed by atoms with Gasteiger partial charge >= 0.3 is 6.03 Å². The van der Waals surface area contributed by atoms with Crippen LogP contribution >= 0.6 is 0 Å². The lowest BCUT2D eigenvalue weighted by molar-refractivity contribution is 0.256. The number of hydrogen-bond acceptors (Lipinski definition) is 1. The molecule has 28 valence electrons. The molecule has 0 aliphatic rings. The van der Waals surface area contributed by atoms with Crippen molar-refractivity contribution in [1.82, 2.24) is 0 Å². The fourth-order valence-electron chi connectivity index (χ4n) is 0. The predicted molar refractivity (Wildman–Crippen MR) is 19.5 cm³/mol. The molecule has 0 spiro atoms. The first-order valence-electron chi connectivity index (χ1n) is 0.781. The third-order valence-corrected chi connectivity index (χ3v) is 0. The Labute approximate surface area is 31.9 Å². The lowest BCUT2D eigenvalue weighted by Gasteiger charge is -1.62. The van der Waals surface area contributed by atoms with Gasteiger partial charge in [0.1, 0.15) is 0 Å². The standard InChI is InChI=1S/CH4N2O.B/c2-1(3)4;/h(H4,2,3,4);/q;-1. The zero-order valence-corrected chi connectivity index (χ0v) is 2.64. The van der Waals surface area contributed by atoms with E-state index in [0.717, 1.165) is 0 Å². The maximum atomic E-state index is 9.00. The highest BCUT2D eigenvalue weighted by molar-refractivity contribution is 5.75. The van der Waals surface area contributed by atoms with Gasteiger partial charge in [-0.3, -0.25) is 0 Å². The van der Waals surface area contributed by atoms with Gasteiger partial charge in [0.25, 0.3) is 0 Å². The van der Waals surface area contributed by atoms with Crippen LogP contribution in [0.15, 0.2) is 0 Å². The molecule has 3 nitrogen and oxygen atoms in total. The summed E-state index contributed by atoms with van der Waals surface area (Å²) in [5.41, 5.74) is 8.50. The van der Waals surface area contributed by atoms with E-state index < -0.39 is 6.03 Å². The molecule has 0 heterocycles. The van der Waals surface area contributed by atoms with E-state index in [1.165, 1.54) is 0 Å². The quantitative estimate of drug-likeness (QED) is 0.340. The molecule has 4 radical (unpaired) electrons. The van der Waals surface area contributed by atoms with Gasteiger partial charge in [-0.25, -0.2) is 4.79 Å². The zero-order valence-electron chi connectivity index (χ0n) is 2.64.